The van der Waals surface area contributed by atoms with E-state index in [0.29, 0.717) is 16.9 Å². The van der Waals surface area contributed by atoms with Crippen molar-refractivity contribution >= 4 is 39.1 Å². The summed E-state index contributed by atoms with van der Waals surface area (Å²) in [6.07, 6.45) is 0.446. The van der Waals surface area contributed by atoms with Gasteiger partial charge >= 0.3 is 5.97 Å². The van der Waals surface area contributed by atoms with Gasteiger partial charge in [0.05, 0.1) is 35.7 Å². The normalized spacial score (nSPS) is 16.2. The van der Waals surface area contributed by atoms with E-state index in [2.05, 4.69) is 4.98 Å². The number of carbonyl (C=O) groups excluding carboxylic acids is 2. The number of rotatable bonds is 5. The van der Waals surface area contributed by atoms with Gasteiger partial charge < -0.3 is 9.64 Å². The molecular formula is C21H18F2N2O3S. The highest BCUT2D eigenvalue weighted by Crippen LogP contribution is 2.35. The molecule has 1 amide bonds. The fourth-order valence-corrected chi connectivity index (χ4v) is 4.55. The number of benzene rings is 2. The van der Waals surface area contributed by atoms with Crippen molar-refractivity contribution < 1.29 is 23.1 Å². The number of thiazole rings is 1. The number of ether oxygens (including phenoxy) is 1. The van der Waals surface area contributed by atoms with Crippen molar-refractivity contribution in [2.24, 2.45) is 5.92 Å². The van der Waals surface area contributed by atoms with Crippen LogP contribution in [0.4, 0.5) is 14.5 Å². The summed E-state index contributed by atoms with van der Waals surface area (Å²) in [5.74, 6) is -3.02. The summed E-state index contributed by atoms with van der Waals surface area (Å²) >= 11 is 1.02. The number of nitrogens with zero attached hydrogens (tertiary/aromatic N) is 2. The van der Waals surface area contributed by atoms with E-state index in [9.17, 15) is 18.4 Å². The second-order valence-electron chi connectivity index (χ2n) is 6.78. The molecule has 1 aliphatic heterocycles. The highest BCUT2D eigenvalue weighted by molar-refractivity contribution is 7.18. The third-order valence-corrected chi connectivity index (χ3v) is 5.92. The van der Waals surface area contributed by atoms with Crippen LogP contribution in [0.15, 0.2) is 36.4 Å². The summed E-state index contributed by atoms with van der Waals surface area (Å²) in [4.78, 5) is 31.0. The van der Waals surface area contributed by atoms with Gasteiger partial charge in [-0.25, -0.2) is 13.8 Å². The predicted octanol–water partition coefficient (Wildman–Crippen LogP) is 4.23. The Balaban J connectivity index is 1.67. The van der Waals surface area contributed by atoms with E-state index >= 15 is 0 Å². The Morgan fingerprint density at radius 1 is 1.28 bits per heavy atom. The van der Waals surface area contributed by atoms with Crippen LogP contribution < -0.4 is 4.90 Å². The van der Waals surface area contributed by atoms with Crippen LogP contribution in [-0.2, 0) is 27.3 Å². The SMILES string of the molecule is CCOC(=O)CC1Cc2ccccc2N(Cc2nc3ccc(F)c(F)c3s2)C1=O. The Labute approximate surface area is 169 Å². The van der Waals surface area contributed by atoms with E-state index in [1.54, 1.807) is 11.8 Å². The molecule has 150 valence electrons. The summed E-state index contributed by atoms with van der Waals surface area (Å²) in [7, 11) is 0. The van der Waals surface area contributed by atoms with E-state index in [-0.39, 0.29) is 30.2 Å². The van der Waals surface area contributed by atoms with Crippen LogP contribution in [0.3, 0.4) is 0 Å². The molecule has 4 rings (SSSR count). The topological polar surface area (TPSA) is 59.5 Å². The molecule has 0 bridgehead atoms. The maximum absolute atomic E-state index is 14.0. The molecule has 0 spiro atoms. The highest BCUT2D eigenvalue weighted by atomic mass is 32.1. The van der Waals surface area contributed by atoms with E-state index < -0.39 is 23.5 Å². The van der Waals surface area contributed by atoms with Gasteiger partial charge in [-0.1, -0.05) is 18.2 Å². The Kier molecular flexibility index (Phi) is 5.27. The number of fused-ring (bicyclic) bond motifs is 2. The highest BCUT2D eigenvalue weighted by Gasteiger charge is 2.35. The summed E-state index contributed by atoms with van der Waals surface area (Å²) in [5, 5.41) is 0.490. The van der Waals surface area contributed by atoms with Gasteiger partial charge in [0.2, 0.25) is 5.91 Å². The van der Waals surface area contributed by atoms with Gasteiger partial charge in [-0.2, -0.15) is 0 Å². The van der Waals surface area contributed by atoms with Gasteiger partial charge in [0.15, 0.2) is 11.6 Å². The molecule has 29 heavy (non-hydrogen) atoms. The molecule has 3 aromatic rings. The maximum Gasteiger partial charge on any atom is 0.306 e. The van der Waals surface area contributed by atoms with Crippen LogP contribution in [0.2, 0.25) is 0 Å². The quantitative estimate of drug-likeness (QED) is 0.584. The van der Waals surface area contributed by atoms with Crippen molar-refractivity contribution in [3.05, 3.63) is 58.6 Å². The Morgan fingerprint density at radius 2 is 2.07 bits per heavy atom. The van der Waals surface area contributed by atoms with E-state index in [1.165, 1.54) is 6.07 Å². The van der Waals surface area contributed by atoms with Crippen molar-refractivity contribution in [1.29, 1.82) is 0 Å². The molecule has 1 atom stereocenters. The molecule has 0 aliphatic carbocycles. The first-order valence-corrected chi connectivity index (χ1v) is 10.1. The first-order valence-electron chi connectivity index (χ1n) is 9.26. The third-order valence-electron chi connectivity index (χ3n) is 4.87. The molecule has 5 nitrogen and oxygen atoms in total. The second-order valence-corrected chi connectivity index (χ2v) is 7.86. The number of halogens is 2. The summed E-state index contributed by atoms with van der Waals surface area (Å²) in [6.45, 7) is 2.10. The largest absolute Gasteiger partial charge is 0.466 e. The minimum atomic E-state index is -0.934. The first kappa shape index (κ1) is 19.4. The van der Waals surface area contributed by atoms with Crippen molar-refractivity contribution in [2.45, 2.75) is 26.3 Å². The lowest BCUT2D eigenvalue weighted by molar-refractivity contribution is -0.146. The number of hydrogen-bond acceptors (Lipinski definition) is 5. The van der Waals surface area contributed by atoms with Crippen molar-refractivity contribution in [3.8, 4) is 0 Å². The molecule has 1 aliphatic rings. The number of aromatic nitrogens is 1. The molecule has 0 radical (unpaired) electrons. The molecule has 0 N–H and O–H groups in total. The molecule has 8 heteroatoms. The number of hydrogen-bond donors (Lipinski definition) is 0. The molecule has 0 saturated heterocycles. The first-order chi connectivity index (χ1) is 14.0. The van der Waals surface area contributed by atoms with Crippen LogP contribution in [-0.4, -0.2) is 23.5 Å². The maximum atomic E-state index is 14.0. The lowest BCUT2D eigenvalue weighted by atomic mass is 9.89. The van der Waals surface area contributed by atoms with Gasteiger partial charge in [-0.3, -0.25) is 9.59 Å². The molecule has 1 aromatic heterocycles. The number of amides is 1. The van der Waals surface area contributed by atoms with Crippen LogP contribution >= 0.6 is 11.3 Å². The molecule has 2 aromatic carbocycles. The van der Waals surface area contributed by atoms with Gasteiger partial charge in [-0.05, 0) is 37.1 Å². The van der Waals surface area contributed by atoms with Crippen LogP contribution in [0.5, 0.6) is 0 Å². The Hall–Kier alpha value is -2.87. The Bertz CT molecular complexity index is 1100. The predicted molar refractivity (Wildman–Crippen MR) is 106 cm³/mol. The van der Waals surface area contributed by atoms with Gasteiger partial charge in [0, 0.05) is 5.69 Å². The molecule has 2 heterocycles. The average molecular weight is 416 g/mol. The zero-order valence-corrected chi connectivity index (χ0v) is 16.5. The lowest BCUT2D eigenvalue weighted by Crippen LogP contribution is -2.41. The Morgan fingerprint density at radius 3 is 2.86 bits per heavy atom. The number of esters is 1. The summed E-state index contributed by atoms with van der Waals surface area (Å²) < 4.78 is 32.7. The van der Waals surface area contributed by atoms with Crippen LogP contribution in [0, 0.1) is 17.6 Å². The molecule has 1 unspecified atom stereocenters. The monoisotopic (exact) mass is 416 g/mol. The standard InChI is InChI=1S/C21H18F2N2O3S/c1-2-28-18(26)10-13-9-12-5-3-4-6-16(12)25(21(13)27)11-17-24-15-8-7-14(22)19(23)20(15)29-17/h3-8,13H,2,9-11H2,1H3. The van der Waals surface area contributed by atoms with Crippen LogP contribution in [0.25, 0.3) is 10.2 Å². The van der Waals surface area contributed by atoms with Gasteiger partial charge in [0.1, 0.15) is 5.01 Å². The third kappa shape index (κ3) is 3.72. The molecule has 0 saturated carbocycles. The van der Waals surface area contributed by atoms with Crippen molar-refractivity contribution in [2.75, 3.05) is 11.5 Å². The van der Waals surface area contributed by atoms with E-state index in [4.69, 9.17) is 4.74 Å². The zero-order valence-electron chi connectivity index (χ0n) is 15.7. The second kappa shape index (κ2) is 7.87. The van der Waals surface area contributed by atoms with Crippen molar-refractivity contribution in [1.82, 2.24) is 4.98 Å². The average Bonchev–Trinajstić information content (AvgIpc) is 3.12. The van der Waals surface area contributed by atoms with E-state index in [1.807, 2.05) is 24.3 Å². The fourth-order valence-electron chi connectivity index (χ4n) is 3.57. The smallest absolute Gasteiger partial charge is 0.306 e. The zero-order chi connectivity index (χ0) is 20.5. The molecular weight excluding hydrogens is 398 g/mol. The molecule has 0 fully saturated rings. The van der Waals surface area contributed by atoms with E-state index in [0.717, 1.165) is 28.7 Å². The number of anilines is 1. The summed E-state index contributed by atoms with van der Waals surface area (Å²) in [5.41, 5.74) is 2.04. The van der Waals surface area contributed by atoms with Gasteiger partial charge in [0.25, 0.3) is 0 Å². The van der Waals surface area contributed by atoms with Gasteiger partial charge in [-0.15, -0.1) is 11.3 Å². The summed E-state index contributed by atoms with van der Waals surface area (Å²) in [6, 6.07) is 9.92. The van der Waals surface area contributed by atoms with Crippen molar-refractivity contribution in [3.63, 3.8) is 0 Å². The fraction of sp³-hybridized carbons (Fsp3) is 0.286. The minimum Gasteiger partial charge on any atom is -0.466 e. The number of carbonyl (C=O) groups is 2. The van der Waals surface area contributed by atoms with Crippen LogP contribution in [0.1, 0.15) is 23.9 Å². The minimum absolute atomic E-state index is 0.00279. The lowest BCUT2D eigenvalue weighted by Gasteiger charge is -2.33. The number of para-hydroxylation sites is 1.